The number of benzene rings is 1. The van der Waals surface area contributed by atoms with Crippen molar-refractivity contribution in [2.24, 2.45) is 0 Å². The Hall–Kier alpha value is -2.86. The van der Waals surface area contributed by atoms with Gasteiger partial charge in [0.15, 0.2) is 6.61 Å². The molecule has 4 rings (SSSR count). The van der Waals surface area contributed by atoms with Crippen molar-refractivity contribution < 1.29 is 9.53 Å². The lowest BCUT2D eigenvalue weighted by molar-refractivity contribution is -0.135. The van der Waals surface area contributed by atoms with Gasteiger partial charge < -0.3 is 9.64 Å². The fourth-order valence-electron chi connectivity index (χ4n) is 3.39. The summed E-state index contributed by atoms with van der Waals surface area (Å²) in [6.07, 6.45) is 1.96. The van der Waals surface area contributed by atoms with Crippen molar-refractivity contribution in [3.63, 3.8) is 0 Å². The van der Waals surface area contributed by atoms with Crippen LogP contribution in [-0.2, 0) is 11.3 Å². The van der Waals surface area contributed by atoms with Crippen LogP contribution in [0.3, 0.4) is 0 Å². The molecule has 27 heavy (non-hydrogen) atoms. The van der Waals surface area contributed by atoms with Crippen LogP contribution in [0.1, 0.15) is 11.3 Å². The molecule has 0 atom stereocenters. The number of carbonyl (C=O) groups is 1. The van der Waals surface area contributed by atoms with Crippen LogP contribution in [0.5, 0.6) is 5.75 Å². The third-order valence-electron chi connectivity index (χ3n) is 4.88. The number of amides is 1. The number of aromatic nitrogens is 2. The summed E-state index contributed by atoms with van der Waals surface area (Å²) in [7, 11) is 0. The Labute approximate surface area is 159 Å². The molecule has 1 aliphatic heterocycles. The Morgan fingerprint density at radius 2 is 1.93 bits per heavy atom. The summed E-state index contributed by atoms with van der Waals surface area (Å²) < 4.78 is 7.54. The summed E-state index contributed by atoms with van der Waals surface area (Å²) in [6.45, 7) is 6.07. The van der Waals surface area contributed by atoms with Crippen LogP contribution in [0.4, 0.5) is 0 Å². The van der Waals surface area contributed by atoms with Gasteiger partial charge in [-0.15, -0.1) is 0 Å². The summed E-state index contributed by atoms with van der Waals surface area (Å²) in [4.78, 5) is 16.6. The molecule has 1 aliphatic rings. The molecule has 0 N–H and O–H groups in total. The van der Waals surface area contributed by atoms with E-state index in [0.717, 1.165) is 55.2 Å². The zero-order valence-electron chi connectivity index (χ0n) is 15.5. The smallest absolute Gasteiger partial charge is 0.260 e. The molecule has 0 radical (unpaired) electrons. The van der Waals surface area contributed by atoms with Gasteiger partial charge in [-0.05, 0) is 42.8 Å². The molecule has 0 unspecified atom stereocenters. The molecular weight excluding hydrogens is 340 g/mol. The van der Waals surface area contributed by atoms with Crippen molar-refractivity contribution >= 4 is 11.4 Å². The number of fused-ring (bicyclic) bond motifs is 1. The van der Waals surface area contributed by atoms with E-state index in [9.17, 15) is 4.79 Å². The van der Waals surface area contributed by atoms with Crippen LogP contribution in [0, 0.1) is 6.92 Å². The molecule has 140 valence electrons. The van der Waals surface area contributed by atoms with Crippen molar-refractivity contribution in [2.45, 2.75) is 13.5 Å². The van der Waals surface area contributed by atoms with Gasteiger partial charge in [0.1, 0.15) is 5.75 Å². The third-order valence-corrected chi connectivity index (χ3v) is 4.88. The minimum atomic E-state index is 0.0453. The molecule has 1 aromatic carbocycles. The molecular formula is C21H24N4O2. The van der Waals surface area contributed by atoms with Gasteiger partial charge in [0.25, 0.3) is 5.91 Å². The zero-order valence-corrected chi connectivity index (χ0v) is 15.5. The van der Waals surface area contributed by atoms with Crippen LogP contribution in [-0.4, -0.2) is 58.1 Å². The van der Waals surface area contributed by atoms with E-state index in [1.807, 2.05) is 58.9 Å². The molecule has 0 spiro atoms. The maximum absolute atomic E-state index is 12.4. The van der Waals surface area contributed by atoms with E-state index < -0.39 is 0 Å². The summed E-state index contributed by atoms with van der Waals surface area (Å²) in [6, 6.07) is 15.9. The summed E-state index contributed by atoms with van der Waals surface area (Å²) >= 11 is 0. The van der Waals surface area contributed by atoms with Gasteiger partial charge in [-0.3, -0.25) is 9.69 Å². The maximum atomic E-state index is 12.4. The van der Waals surface area contributed by atoms with E-state index in [1.165, 1.54) is 0 Å². The fraction of sp³-hybridized carbons (Fsp3) is 0.333. The Kier molecular flexibility index (Phi) is 5.07. The first-order valence-electron chi connectivity index (χ1n) is 9.30. The highest BCUT2D eigenvalue weighted by molar-refractivity contribution is 5.77. The largest absolute Gasteiger partial charge is 0.484 e. The van der Waals surface area contributed by atoms with E-state index in [-0.39, 0.29) is 12.5 Å². The molecule has 1 fully saturated rings. The highest BCUT2D eigenvalue weighted by Gasteiger charge is 2.22. The van der Waals surface area contributed by atoms with Crippen molar-refractivity contribution in [2.75, 3.05) is 32.8 Å². The first-order valence-corrected chi connectivity index (χ1v) is 9.30. The van der Waals surface area contributed by atoms with Crippen LogP contribution >= 0.6 is 0 Å². The number of pyridine rings is 1. The Bertz CT molecular complexity index is 896. The van der Waals surface area contributed by atoms with Crippen LogP contribution in [0.15, 0.2) is 54.7 Å². The predicted molar refractivity (Wildman–Crippen MR) is 104 cm³/mol. The van der Waals surface area contributed by atoms with Crippen molar-refractivity contribution in [1.82, 2.24) is 19.4 Å². The molecule has 2 aromatic heterocycles. The first-order chi connectivity index (χ1) is 13.2. The standard InChI is InChI=1S/C21H24N4O2/c1-17-5-4-7-20(13-17)27-16-21(26)24-11-9-23(10-12-24)15-18-14-19-6-2-3-8-25(19)22-18/h2-8,13-14H,9-12,15-16H2,1H3. The van der Waals surface area contributed by atoms with E-state index in [1.54, 1.807) is 0 Å². The monoisotopic (exact) mass is 364 g/mol. The quantitative estimate of drug-likeness (QED) is 0.697. The van der Waals surface area contributed by atoms with E-state index in [4.69, 9.17) is 4.74 Å². The zero-order chi connectivity index (χ0) is 18.6. The normalized spacial score (nSPS) is 15.2. The molecule has 1 amide bonds. The number of nitrogens with zero attached hydrogens (tertiary/aromatic N) is 4. The van der Waals surface area contributed by atoms with Gasteiger partial charge in [-0.25, -0.2) is 4.52 Å². The minimum Gasteiger partial charge on any atom is -0.484 e. The number of piperazine rings is 1. The number of hydrogen-bond acceptors (Lipinski definition) is 4. The highest BCUT2D eigenvalue weighted by Crippen LogP contribution is 2.14. The molecule has 3 aromatic rings. The lowest BCUT2D eigenvalue weighted by Gasteiger charge is -2.34. The van der Waals surface area contributed by atoms with Gasteiger partial charge in [0.05, 0.1) is 11.2 Å². The predicted octanol–water partition coefficient (Wildman–Crippen LogP) is 2.37. The van der Waals surface area contributed by atoms with Crippen LogP contribution in [0.2, 0.25) is 0 Å². The molecule has 3 heterocycles. The van der Waals surface area contributed by atoms with Crippen molar-refractivity contribution in [3.8, 4) is 5.75 Å². The number of rotatable bonds is 5. The second-order valence-corrected chi connectivity index (χ2v) is 6.97. The van der Waals surface area contributed by atoms with Crippen molar-refractivity contribution in [3.05, 3.63) is 66.0 Å². The first kappa shape index (κ1) is 17.5. The summed E-state index contributed by atoms with van der Waals surface area (Å²) in [5.74, 6) is 0.790. The van der Waals surface area contributed by atoms with Gasteiger partial charge in [0, 0.05) is 38.9 Å². The number of hydrogen-bond donors (Lipinski definition) is 0. The van der Waals surface area contributed by atoms with E-state index in [2.05, 4.69) is 22.1 Å². The molecule has 0 saturated carbocycles. The second kappa shape index (κ2) is 7.80. The second-order valence-electron chi connectivity index (χ2n) is 6.97. The maximum Gasteiger partial charge on any atom is 0.260 e. The van der Waals surface area contributed by atoms with Gasteiger partial charge in [-0.2, -0.15) is 5.10 Å². The Morgan fingerprint density at radius 3 is 2.70 bits per heavy atom. The molecule has 0 aliphatic carbocycles. The molecule has 0 bridgehead atoms. The SMILES string of the molecule is Cc1cccc(OCC(=O)N2CCN(Cc3cc4ccccn4n3)CC2)c1. The topological polar surface area (TPSA) is 50.1 Å². The summed E-state index contributed by atoms with van der Waals surface area (Å²) in [5.41, 5.74) is 3.29. The minimum absolute atomic E-state index is 0.0453. The average molecular weight is 364 g/mol. The summed E-state index contributed by atoms with van der Waals surface area (Å²) in [5, 5.41) is 4.61. The lowest BCUT2D eigenvalue weighted by atomic mass is 10.2. The van der Waals surface area contributed by atoms with E-state index in [0.29, 0.717) is 0 Å². The number of aryl methyl sites for hydroxylation is 1. The molecule has 6 nitrogen and oxygen atoms in total. The molecule has 1 saturated heterocycles. The van der Waals surface area contributed by atoms with Crippen molar-refractivity contribution in [1.29, 1.82) is 0 Å². The fourth-order valence-corrected chi connectivity index (χ4v) is 3.39. The van der Waals surface area contributed by atoms with Gasteiger partial charge in [-0.1, -0.05) is 18.2 Å². The lowest BCUT2D eigenvalue weighted by Crippen LogP contribution is -2.49. The van der Waals surface area contributed by atoms with Gasteiger partial charge >= 0.3 is 0 Å². The Balaban J connectivity index is 1.26. The number of carbonyl (C=O) groups excluding carboxylic acids is 1. The highest BCUT2D eigenvalue weighted by atomic mass is 16.5. The average Bonchev–Trinajstić information content (AvgIpc) is 3.09. The van der Waals surface area contributed by atoms with Gasteiger partial charge in [0.2, 0.25) is 0 Å². The Morgan fingerprint density at radius 1 is 1.07 bits per heavy atom. The van der Waals surface area contributed by atoms with Crippen LogP contribution < -0.4 is 4.74 Å². The third kappa shape index (κ3) is 4.28. The number of ether oxygens (including phenoxy) is 1. The molecule has 6 heteroatoms. The van der Waals surface area contributed by atoms with Crippen LogP contribution in [0.25, 0.3) is 5.52 Å². The van der Waals surface area contributed by atoms with E-state index >= 15 is 0 Å².